The second-order valence-electron chi connectivity index (χ2n) is 5.98. The molecule has 0 aliphatic heterocycles. The number of amides is 2. The van der Waals surface area contributed by atoms with Crippen LogP contribution < -0.4 is 5.32 Å². The van der Waals surface area contributed by atoms with Crippen LogP contribution in [0.4, 0.5) is 0 Å². The van der Waals surface area contributed by atoms with Crippen molar-refractivity contribution in [3.8, 4) is 0 Å². The molecule has 25 heavy (non-hydrogen) atoms. The van der Waals surface area contributed by atoms with E-state index in [1.807, 2.05) is 38.1 Å². The van der Waals surface area contributed by atoms with E-state index in [-0.39, 0.29) is 24.2 Å². The lowest BCUT2D eigenvalue weighted by Gasteiger charge is -2.20. The van der Waals surface area contributed by atoms with E-state index >= 15 is 0 Å². The van der Waals surface area contributed by atoms with Gasteiger partial charge in [-0.1, -0.05) is 18.2 Å². The number of nitrogens with one attached hydrogen (secondary N) is 2. The van der Waals surface area contributed by atoms with E-state index in [0.717, 1.165) is 10.9 Å². The lowest BCUT2D eigenvalue weighted by molar-refractivity contribution is -0.138. The van der Waals surface area contributed by atoms with E-state index in [4.69, 9.17) is 4.74 Å². The fourth-order valence-corrected chi connectivity index (χ4v) is 2.40. The molecule has 2 N–H and O–H groups in total. The van der Waals surface area contributed by atoms with Crippen LogP contribution in [0.3, 0.4) is 0 Å². The Morgan fingerprint density at radius 2 is 1.96 bits per heavy atom. The molecule has 0 unspecified atom stereocenters. The second kappa shape index (κ2) is 8.32. The summed E-state index contributed by atoms with van der Waals surface area (Å²) in [5.74, 6) is -1.26. The minimum Gasteiger partial charge on any atom is -0.451 e. The maximum absolute atomic E-state index is 12.2. The molecule has 7 heteroatoms. The van der Waals surface area contributed by atoms with E-state index in [2.05, 4.69) is 10.3 Å². The predicted octanol–water partition coefficient (Wildman–Crippen LogP) is 1.70. The van der Waals surface area contributed by atoms with Crippen LogP contribution in [0, 0.1) is 0 Å². The zero-order valence-corrected chi connectivity index (χ0v) is 14.7. The van der Waals surface area contributed by atoms with E-state index in [0.29, 0.717) is 6.54 Å². The van der Waals surface area contributed by atoms with Crippen LogP contribution in [0.25, 0.3) is 10.9 Å². The van der Waals surface area contributed by atoms with Gasteiger partial charge < -0.3 is 19.9 Å². The first kappa shape index (κ1) is 18.5. The highest BCUT2D eigenvalue weighted by atomic mass is 16.5. The van der Waals surface area contributed by atoms with Crippen LogP contribution in [-0.4, -0.2) is 53.4 Å². The highest BCUT2D eigenvalue weighted by Crippen LogP contribution is 2.15. The van der Waals surface area contributed by atoms with Crippen LogP contribution in [0.5, 0.6) is 0 Å². The average molecular weight is 345 g/mol. The third-order valence-corrected chi connectivity index (χ3v) is 3.60. The number of hydrogen-bond acceptors (Lipinski definition) is 4. The number of aromatic amines is 1. The van der Waals surface area contributed by atoms with Gasteiger partial charge in [-0.15, -0.1) is 0 Å². The van der Waals surface area contributed by atoms with E-state index in [9.17, 15) is 14.4 Å². The number of para-hydroxylation sites is 1. The molecule has 0 saturated carbocycles. The Morgan fingerprint density at radius 1 is 1.24 bits per heavy atom. The molecule has 2 amide bonds. The number of ether oxygens (including phenoxy) is 1. The van der Waals surface area contributed by atoms with Crippen molar-refractivity contribution in [1.29, 1.82) is 0 Å². The lowest BCUT2D eigenvalue weighted by atomic mass is 10.2. The number of carbonyl (C=O) groups excluding carboxylic acids is 3. The lowest BCUT2D eigenvalue weighted by Crippen LogP contribution is -2.44. The minimum absolute atomic E-state index is 0.00106. The number of hydrogen-bond donors (Lipinski definition) is 2. The number of H-pyrrole nitrogens is 1. The summed E-state index contributed by atoms with van der Waals surface area (Å²) in [6.45, 7) is 5.35. The normalized spacial score (nSPS) is 10.7. The van der Waals surface area contributed by atoms with Gasteiger partial charge in [0.2, 0.25) is 5.91 Å². The highest BCUT2D eigenvalue weighted by Gasteiger charge is 2.19. The first-order chi connectivity index (χ1) is 11.9. The number of benzene rings is 1. The van der Waals surface area contributed by atoms with Crippen molar-refractivity contribution in [2.24, 2.45) is 0 Å². The summed E-state index contributed by atoms with van der Waals surface area (Å²) < 4.78 is 5.07. The van der Waals surface area contributed by atoms with Gasteiger partial charge >= 0.3 is 5.97 Å². The van der Waals surface area contributed by atoms with Crippen LogP contribution in [0.15, 0.2) is 30.3 Å². The Bertz CT molecular complexity index is 734. The van der Waals surface area contributed by atoms with Crippen molar-refractivity contribution in [3.63, 3.8) is 0 Å². The quantitative estimate of drug-likeness (QED) is 0.747. The van der Waals surface area contributed by atoms with Gasteiger partial charge in [-0.2, -0.15) is 0 Å². The van der Waals surface area contributed by atoms with Crippen molar-refractivity contribution in [2.75, 3.05) is 19.7 Å². The van der Waals surface area contributed by atoms with Crippen molar-refractivity contribution in [1.82, 2.24) is 15.2 Å². The molecule has 7 nitrogen and oxygen atoms in total. The standard InChI is InChI=1S/C18H23N3O4/c1-4-21(10-16(22)19-12(2)3)17(23)11-25-18(24)15-9-13-7-5-6-8-14(13)20-15/h5-9,12,20H,4,10-11H2,1-3H3,(H,19,22). The molecule has 1 aromatic heterocycles. The van der Waals surface area contributed by atoms with Crippen LogP contribution in [0.2, 0.25) is 0 Å². The maximum atomic E-state index is 12.2. The Hall–Kier alpha value is -2.83. The summed E-state index contributed by atoms with van der Waals surface area (Å²) >= 11 is 0. The molecular formula is C18H23N3O4. The Balaban J connectivity index is 1.90. The Labute approximate surface area is 146 Å². The predicted molar refractivity (Wildman–Crippen MR) is 94.1 cm³/mol. The van der Waals surface area contributed by atoms with Crippen molar-refractivity contribution in [3.05, 3.63) is 36.0 Å². The molecule has 1 heterocycles. The first-order valence-electron chi connectivity index (χ1n) is 8.22. The summed E-state index contributed by atoms with van der Waals surface area (Å²) in [6.07, 6.45) is 0. The molecule has 0 saturated heterocycles. The number of likely N-dealkylation sites (N-methyl/N-ethyl adjacent to an activating group) is 1. The summed E-state index contributed by atoms with van der Waals surface area (Å²) in [6, 6.07) is 9.13. The van der Waals surface area contributed by atoms with Gasteiger partial charge in [0.15, 0.2) is 6.61 Å². The molecule has 0 aliphatic carbocycles. The Morgan fingerprint density at radius 3 is 2.60 bits per heavy atom. The van der Waals surface area contributed by atoms with Crippen LogP contribution in [-0.2, 0) is 14.3 Å². The van der Waals surface area contributed by atoms with E-state index < -0.39 is 18.5 Å². The number of aromatic nitrogens is 1. The number of nitrogens with zero attached hydrogens (tertiary/aromatic N) is 1. The molecule has 134 valence electrons. The van der Waals surface area contributed by atoms with Gasteiger partial charge in [-0.05, 0) is 32.9 Å². The molecule has 1 aromatic carbocycles. The third kappa shape index (κ3) is 5.07. The number of carbonyl (C=O) groups is 3. The van der Waals surface area contributed by atoms with Gasteiger partial charge in [0.05, 0.1) is 6.54 Å². The molecule has 2 aromatic rings. The van der Waals surface area contributed by atoms with Gasteiger partial charge in [0.1, 0.15) is 5.69 Å². The zero-order valence-electron chi connectivity index (χ0n) is 14.7. The topological polar surface area (TPSA) is 91.5 Å². The Kier molecular flexibility index (Phi) is 6.16. The number of fused-ring (bicyclic) bond motifs is 1. The van der Waals surface area contributed by atoms with Gasteiger partial charge in [0, 0.05) is 23.5 Å². The minimum atomic E-state index is -0.604. The van der Waals surface area contributed by atoms with Gasteiger partial charge in [-0.3, -0.25) is 9.59 Å². The zero-order chi connectivity index (χ0) is 18.4. The van der Waals surface area contributed by atoms with E-state index in [1.54, 1.807) is 13.0 Å². The molecule has 0 aliphatic rings. The molecule has 0 fully saturated rings. The van der Waals surface area contributed by atoms with Crippen molar-refractivity contribution in [2.45, 2.75) is 26.8 Å². The summed E-state index contributed by atoms with van der Waals surface area (Å²) in [5.41, 5.74) is 1.11. The van der Waals surface area contributed by atoms with E-state index in [1.165, 1.54) is 4.90 Å². The SMILES string of the molecule is CCN(CC(=O)NC(C)C)C(=O)COC(=O)c1cc2ccccc2[nH]1. The fourth-order valence-electron chi connectivity index (χ4n) is 2.40. The summed E-state index contributed by atoms with van der Waals surface area (Å²) in [5, 5.41) is 3.61. The first-order valence-corrected chi connectivity index (χ1v) is 8.22. The third-order valence-electron chi connectivity index (χ3n) is 3.60. The molecule has 0 bridgehead atoms. The van der Waals surface area contributed by atoms with Crippen molar-refractivity contribution >= 4 is 28.7 Å². The molecule has 2 rings (SSSR count). The smallest absolute Gasteiger partial charge is 0.355 e. The molecule has 0 atom stereocenters. The number of rotatable bonds is 7. The molecule has 0 radical (unpaired) electrons. The highest BCUT2D eigenvalue weighted by molar-refractivity contribution is 5.96. The molecule has 0 spiro atoms. The summed E-state index contributed by atoms with van der Waals surface area (Å²) in [4.78, 5) is 40.3. The van der Waals surface area contributed by atoms with Crippen LogP contribution >= 0.6 is 0 Å². The molecular weight excluding hydrogens is 322 g/mol. The summed E-state index contributed by atoms with van der Waals surface area (Å²) in [7, 11) is 0. The fraction of sp³-hybridized carbons (Fsp3) is 0.389. The largest absolute Gasteiger partial charge is 0.451 e. The average Bonchev–Trinajstić information content (AvgIpc) is 3.00. The maximum Gasteiger partial charge on any atom is 0.355 e. The van der Waals surface area contributed by atoms with Gasteiger partial charge in [0.25, 0.3) is 5.91 Å². The monoisotopic (exact) mass is 345 g/mol. The van der Waals surface area contributed by atoms with Crippen molar-refractivity contribution < 1.29 is 19.1 Å². The second-order valence-corrected chi connectivity index (χ2v) is 5.98. The van der Waals surface area contributed by atoms with Gasteiger partial charge in [-0.25, -0.2) is 4.79 Å². The van der Waals surface area contributed by atoms with Crippen LogP contribution in [0.1, 0.15) is 31.3 Å². The number of esters is 1.